The standard InChI is InChI=1S/C30H29N5O/c1-20(2)29(24-9-6-7-21(3)15-24)32-30(36)27-10-5-4-8-26(27)18-35-19-28(33-34-35)23-11-12-25-17-31-14-13-22(25)16-23/h4-17,19-20,29H,18H2,1-3H3,(H,32,36). The fourth-order valence-corrected chi connectivity index (χ4v) is 4.52. The van der Waals surface area contributed by atoms with Crippen LogP contribution in [0, 0.1) is 12.8 Å². The molecule has 1 atom stereocenters. The second kappa shape index (κ2) is 10.1. The molecule has 1 N–H and O–H groups in total. The van der Waals surface area contributed by atoms with Gasteiger partial charge in [-0.25, -0.2) is 4.68 Å². The number of nitrogens with zero attached hydrogens (tertiary/aromatic N) is 4. The summed E-state index contributed by atoms with van der Waals surface area (Å²) in [6, 6.07) is 24.1. The molecule has 2 aromatic heterocycles. The molecule has 0 spiro atoms. The molecule has 0 aliphatic rings. The Morgan fingerprint density at radius 3 is 2.67 bits per heavy atom. The lowest BCUT2D eigenvalue weighted by Crippen LogP contribution is -2.32. The average molecular weight is 476 g/mol. The van der Waals surface area contributed by atoms with Gasteiger partial charge in [-0.1, -0.05) is 79.2 Å². The SMILES string of the molecule is Cc1cccc(C(NC(=O)c2ccccc2Cn2cc(-c3ccc4cnccc4c3)nn2)C(C)C)c1. The van der Waals surface area contributed by atoms with Crippen LogP contribution in [0.5, 0.6) is 0 Å². The van der Waals surface area contributed by atoms with E-state index in [0.717, 1.165) is 33.2 Å². The number of carbonyl (C=O) groups is 1. The quantitative estimate of drug-likeness (QED) is 0.314. The number of benzene rings is 3. The van der Waals surface area contributed by atoms with E-state index in [-0.39, 0.29) is 17.9 Å². The molecule has 6 nitrogen and oxygen atoms in total. The largest absolute Gasteiger partial charge is 0.345 e. The fourth-order valence-electron chi connectivity index (χ4n) is 4.52. The Morgan fingerprint density at radius 2 is 1.83 bits per heavy atom. The lowest BCUT2D eigenvalue weighted by atomic mass is 9.94. The minimum atomic E-state index is -0.0886. The topological polar surface area (TPSA) is 72.7 Å². The number of aryl methyl sites for hydroxylation is 1. The monoisotopic (exact) mass is 475 g/mol. The van der Waals surface area contributed by atoms with Gasteiger partial charge >= 0.3 is 0 Å². The molecule has 5 rings (SSSR count). The third-order valence-corrected chi connectivity index (χ3v) is 6.42. The first-order valence-corrected chi connectivity index (χ1v) is 12.2. The maximum absolute atomic E-state index is 13.4. The van der Waals surface area contributed by atoms with Crippen molar-refractivity contribution in [2.45, 2.75) is 33.4 Å². The van der Waals surface area contributed by atoms with Crippen molar-refractivity contribution in [1.82, 2.24) is 25.3 Å². The number of pyridine rings is 1. The molecule has 6 heteroatoms. The van der Waals surface area contributed by atoms with Gasteiger partial charge < -0.3 is 5.32 Å². The normalized spacial score (nSPS) is 12.1. The van der Waals surface area contributed by atoms with E-state index in [1.54, 1.807) is 10.9 Å². The van der Waals surface area contributed by atoms with Gasteiger partial charge in [0.05, 0.1) is 18.8 Å². The lowest BCUT2D eigenvalue weighted by Gasteiger charge is -2.24. The van der Waals surface area contributed by atoms with E-state index in [9.17, 15) is 4.79 Å². The summed E-state index contributed by atoms with van der Waals surface area (Å²) in [5.74, 6) is 0.160. The Bertz CT molecular complexity index is 1520. The van der Waals surface area contributed by atoms with E-state index in [2.05, 4.69) is 65.6 Å². The van der Waals surface area contributed by atoms with Crippen molar-refractivity contribution in [3.63, 3.8) is 0 Å². The van der Waals surface area contributed by atoms with Gasteiger partial charge in [0.15, 0.2) is 0 Å². The predicted octanol–water partition coefficient (Wildman–Crippen LogP) is 5.98. The molecule has 1 unspecified atom stereocenters. The third kappa shape index (κ3) is 5.03. The van der Waals surface area contributed by atoms with Gasteiger partial charge in [0, 0.05) is 28.9 Å². The highest BCUT2D eigenvalue weighted by Gasteiger charge is 2.21. The molecular weight excluding hydrogens is 446 g/mol. The zero-order valence-electron chi connectivity index (χ0n) is 20.7. The van der Waals surface area contributed by atoms with E-state index < -0.39 is 0 Å². The third-order valence-electron chi connectivity index (χ3n) is 6.42. The number of fused-ring (bicyclic) bond motifs is 1. The predicted molar refractivity (Wildman–Crippen MR) is 143 cm³/mol. The van der Waals surface area contributed by atoms with Crippen molar-refractivity contribution < 1.29 is 4.79 Å². The zero-order chi connectivity index (χ0) is 25.1. The highest BCUT2D eigenvalue weighted by atomic mass is 16.1. The number of hydrogen-bond acceptors (Lipinski definition) is 4. The minimum Gasteiger partial charge on any atom is -0.345 e. The first-order valence-electron chi connectivity index (χ1n) is 12.2. The summed E-state index contributed by atoms with van der Waals surface area (Å²) in [6.07, 6.45) is 5.55. The van der Waals surface area contributed by atoms with Gasteiger partial charge in [0.2, 0.25) is 0 Å². The lowest BCUT2D eigenvalue weighted by molar-refractivity contribution is 0.0924. The number of aromatic nitrogens is 4. The van der Waals surface area contributed by atoms with Gasteiger partial charge in [-0.3, -0.25) is 9.78 Å². The Balaban J connectivity index is 1.37. The molecule has 0 saturated carbocycles. The van der Waals surface area contributed by atoms with Crippen LogP contribution < -0.4 is 5.32 Å². The molecule has 0 fully saturated rings. The summed E-state index contributed by atoms with van der Waals surface area (Å²) in [6.45, 7) is 6.77. The highest BCUT2D eigenvalue weighted by Crippen LogP contribution is 2.25. The molecule has 5 aromatic rings. The maximum atomic E-state index is 13.4. The van der Waals surface area contributed by atoms with E-state index >= 15 is 0 Å². The summed E-state index contributed by atoms with van der Waals surface area (Å²) < 4.78 is 1.78. The second-order valence-electron chi connectivity index (χ2n) is 9.51. The van der Waals surface area contributed by atoms with Crippen molar-refractivity contribution in [2.24, 2.45) is 5.92 Å². The van der Waals surface area contributed by atoms with Crippen molar-refractivity contribution >= 4 is 16.7 Å². The van der Waals surface area contributed by atoms with Gasteiger partial charge in [0.1, 0.15) is 5.69 Å². The van der Waals surface area contributed by atoms with Crippen LogP contribution in [0.3, 0.4) is 0 Å². The molecule has 0 saturated heterocycles. The smallest absolute Gasteiger partial charge is 0.252 e. The van der Waals surface area contributed by atoms with Gasteiger partial charge in [-0.2, -0.15) is 0 Å². The van der Waals surface area contributed by atoms with Crippen LogP contribution in [-0.4, -0.2) is 25.9 Å². The number of hydrogen-bond donors (Lipinski definition) is 1. The number of amides is 1. The summed E-state index contributed by atoms with van der Waals surface area (Å²) >= 11 is 0. The van der Waals surface area contributed by atoms with E-state index in [1.165, 1.54) is 5.56 Å². The summed E-state index contributed by atoms with van der Waals surface area (Å²) in [4.78, 5) is 17.6. The summed E-state index contributed by atoms with van der Waals surface area (Å²) in [5.41, 5.74) is 5.61. The van der Waals surface area contributed by atoms with Crippen LogP contribution >= 0.6 is 0 Å². The Hall–Kier alpha value is -4.32. The Morgan fingerprint density at radius 1 is 0.972 bits per heavy atom. The van der Waals surface area contributed by atoms with Crippen molar-refractivity contribution in [3.05, 3.63) is 114 Å². The highest BCUT2D eigenvalue weighted by molar-refractivity contribution is 5.96. The zero-order valence-corrected chi connectivity index (χ0v) is 20.7. The van der Waals surface area contributed by atoms with Gasteiger partial charge in [-0.15, -0.1) is 5.10 Å². The van der Waals surface area contributed by atoms with E-state index in [0.29, 0.717) is 12.1 Å². The van der Waals surface area contributed by atoms with E-state index in [1.807, 2.05) is 60.9 Å². The molecule has 0 aliphatic carbocycles. The molecule has 0 radical (unpaired) electrons. The summed E-state index contributed by atoms with van der Waals surface area (Å²) in [5, 5.41) is 14.2. The molecule has 0 bridgehead atoms. The number of rotatable bonds is 7. The Labute approximate surface area is 211 Å². The van der Waals surface area contributed by atoms with E-state index in [4.69, 9.17) is 0 Å². The van der Waals surface area contributed by atoms with Crippen LogP contribution in [-0.2, 0) is 6.54 Å². The molecular formula is C30H29N5O. The summed E-state index contributed by atoms with van der Waals surface area (Å²) in [7, 11) is 0. The first-order chi connectivity index (χ1) is 17.5. The fraction of sp³-hybridized carbons (Fsp3) is 0.200. The second-order valence-corrected chi connectivity index (χ2v) is 9.51. The maximum Gasteiger partial charge on any atom is 0.252 e. The molecule has 1 amide bonds. The van der Waals surface area contributed by atoms with Crippen LogP contribution in [0.15, 0.2) is 91.4 Å². The number of nitrogens with one attached hydrogen (secondary N) is 1. The molecule has 2 heterocycles. The van der Waals surface area contributed by atoms with Crippen LogP contribution in [0.4, 0.5) is 0 Å². The molecule has 0 aliphatic heterocycles. The van der Waals surface area contributed by atoms with Crippen molar-refractivity contribution in [3.8, 4) is 11.3 Å². The minimum absolute atomic E-state index is 0.0773. The van der Waals surface area contributed by atoms with Crippen molar-refractivity contribution in [1.29, 1.82) is 0 Å². The van der Waals surface area contributed by atoms with Crippen LogP contribution in [0.2, 0.25) is 0 Å². The van der Waals surface area contributed by atoms with Crippen molar-refractivity contribution in [2.75, 3.05) is 0 Å². The van der Waals surface area contributed by atoms with Gasteiger partial charge in [-0.05, 0) is 47.6 Å². The van der Waals surface area contributed by atoms with Crippen LogP contribution in [0.1, 0.15) is 46.9 Å². The first kappa shape index (κ1) is 23.4. The number of carbonyl (C=O) groups excluding carboxylic acids is 1. The molecule has 180 valence electrons. The van der Waals surface area contributed by atoms with Gasteiger partial charge in [0.25, 0.3) is 5.91 Å². The molecule has 36 heavy (non-hydrogen) atoms. The molecule has 3 aromatic carbocycles. The Kier molecular flexibility index (Phi) is 6.58. The van der Waals surface area contributed by atoms with Crippen LogP contribution in [0.25, 0.3) is 22.0 Å². The average Bonchev–Trinajstić information content (AvgIpc) is 3.35.